The van der Waals surface area contributed by atoms with Gasteiger partial charge in [-0.15, -0.1) is 0 Å². The molecule has 0 spiro atoms. The van der Waals surface area contributed by atoms with Crippen LogP contribution in [0.3, 0.4) is 0 Å². The lowest BCUT2D eigenvalue weighted by atomic mass is 9.99. The molecular formula is C21H18N2O6S. The normalized spacial score (nSPS) is 19.2. The fourth-order valence-corrected chi connectivity index (χ4v) is 4.59. The summed E-state index contributed by atoms with van der Waals surface area (Å²) in [5.41, 5.74) is -0.311. The fourth-order valence-electron chi connectivity index (χ4n) is 3.49. The van der Waals surface area contributed by atoms with E-state index in [4.69, 9.17) is 4.74 Å². The molecule has 154 valence electrons. The summed E-state index contributed by atoms with van der Waals surface area (Å²) in [5, 5.41) is 22.0. The van der Waals surface area contributed by atoms with Gasteiger partial charge in [0.25, 0.3) is 11.2 Å². The number of rotatable bonds is 4. The lowest BCUT2D eigenvalue weighted by Gasteiger charge is -2.24. The maximum Gasteiger partial charge on any atom is 0.285 e. The quantitative estimate of drug-likeness (QED) is 0.507. The second-order valence-corrected chi connectivity index (χ2v) is 8.30. The Labute approximate surface area is 174 Å². The van der Waals surface area contributed by atoms with Crippen LogP contribution < -0.4 is 10.3 Å². The summed E-state index contributed by atoms with van der Waals surface area (Å²) in [6.07, 6.45) is 0.323. The molecule has 3 atom stereocenters. The molecule has 9 heteroatoms. The molecule has 0 amide bonds. The zero-order valence-corrected chi connectivity index (χ0v) is 16.5. The van der Waals surface area contributed by atoms with Crippen LogP contribution in [0.25, 0.3) is 0 Å². The van der Waals surface area contributed by atoms with Gasteiger partial charge in [0.2, 0.25) is 0 Å². The Balaban J connectivity index is 1.86. The number of hydrogen-bond donors (Lipinski definition) is 1. The number of nitro groups is 1. The van der Waals surface area contributed by atoms with Gasteiger partial charge in [0, 0.05) is 33.9 Å². The molecule has 0 saturated carbocycles. The van der Waals surface area contributed by atoms with Crippen molar-refractivity contribution in [3.8, 4) is 5.75 Å². The van der Waals surface area contributed by atoms with Crippen LogP contribution in [0.5, 0.6) is 5.75 Å². The van der Waals surface area contributed by atoms with E-state index in [9.17, 15) is 24.2 Å². The number of fused-ring (bicyclic) bond motifs is 1. The van der Waals surface area contributed by atoms with Gasteiger partial charge in [-0.3, -0.25) is 19.5 Å². The zero-order chi connectivity index (χ0) is 21.3. The van der Waals surface area contributed by atoms with Crippen molar-refractivity contribution in [2.75, 3.05) is 6.61 Å². The molecule has 8 nitrogen and oxygen atoms in total. The molecule has 0 radical (unpaired) electrons. The first-order valence-electron chi connectivity index (χ1n) is 9.24. The molecule has 2 aromatic carbocycles. The predicted molar refractivity (Wildman–Crippen MR) is 109 cm³/mol. The molecule has 1 unspecified atom stereocenters. The number of pyridine rings is 1. The van der Waals surface area contributed by atoms with Crippen molar-refractivity contribution in [3.05, 3.63) is 92.9 Å². The number of aliphatic hydroxyl groups excluding tert-OH is 1. The third-order valence-corrected chi connectivity index (χ3v) is 6.32. The van der Waals surface area contributed by atoms with Crippen molar-refractivity contribution in [2.24, 2.45) is 0 Å². The van der Waals surface area contributed by atoms with E-state index < -0.39 is 33.4 Å². The summed E-state index contributed by atoms with van der Waals surface area (Å²) in [5.74, 6) is 0.434. The second-order valence-electron chi connectivity index (χ2n) is 6.82. The summed E-state index contributed by atoms with van der Waals surface area (Å²) in [4.78, 5) is 24.2. The highest BCUT2D eigenvalue weighted by Gasteiger charge is 2.31. The van der Waals surface area contributed by atoms with Crippen LogP contribution in [-0.2, 0) is 10.8 Å². The maximum absolute atomic E-state index is 13.0. The first kappa shape index (κ1) is 20.0. The van der Waals surface area contributed by atoms with Crippen LogP contribution in [0.1, 0.15) is 18.0 Å². The van der Waals surface area contributed by atoms with Crippen molar-refractivity contribution in [2.45, 2.75) is 28.4 Å². The van der Waals surface area contributed by atoms with Crippen molar-refractivity contribution in [1.82, 2.24) is 4.57 Å². The van der Waals surface area contributed by atoms with Gasteiger partial charge < -0.3 is 9.84 Å². The smallest absolute Gasteiger partial charge is 0.285 e. The minimum Gasteiger partial charge on any atom is -0.493 e. The van der Waals surface area contributed by atoms with Crippen LogP contribution in [0.2, 0.25) is 0 Å². The summed E-state index contributed by atoms with van der Waals surface area (Å²) in [6, 6.07) is 15.2. The molecule has 1 aromatic heterocycles. The molecule has 2 heterocycles. The van der Waals surface area contributed by atoms with E-state index in [2.05, 4.69) is 0 Å². The minimum absolute atomic E-state index is 0.218. The van der Waals surface area contributed by atoms with Crippen molar-refractivity contribution >= 4 is 16.5 Å². The van der Waals surface area contributed by atoms with E-state index in [0.29, 0.717) is 21.1 Å². The van der Waals surface area contributed by atoms with Gasteiger partial charge in [0.05, 0.1) is 40.7 Å². The van der Waals surface area contributed by atoms with E-state index in [1.807, 2.05) is 6.07 Å². The number of aromatic nitrogens is 1. The van der Waals surface area contributed by atoms with Gasteiger partial charge in [0.15, 0.2) is 0 Å². The number of nitrogens with zero attached hydrogens (tertiary/aromatic N) is 2. The minimum atomic E-state index is -1.48. The highest BCUT2D eigenvalue weighted by atomic mass is 32.2. The van der Waals surface area contributed by atoms with Gasteiger partial charge in [-0.2, -0.15) is 0 Å². The first-order chi connectivity index (χ1) is 14.5. The summed E-state index contributed by atoms with van der Waals surface area (Å²) >= 11 is 0. The monoisotopic (exact) mass is 426 g/mol. The topological polar surface area (TPSA) is 112 Å². The molecule has 1 aliphatic rings. The molecule has 0 bridgehead atoms. The lowest BCUT2D eigenvalue weighted by Crippen LogP contribution is -2.32. The molecule has 30 heavy (non-hydrogen) atoms. The Morgan fingerprint density at radius 3 is 2.60 bits per heavy atom. The average molecular weight is 426 g/mol. The molecule has 0 aliphatic carbocycles. The standard InChI is InChI=1S/C21H18N2O6S/c24-18-10-11-29-19-8-7-16(30(28)15-4-2-1-3-5-15)12-17(19)21(18)22-13-14(23(26)27)6-9-20(22)25/h1-9,12-13,18,21,24H,10-11H2/t18-,21-,30?/m0/s1. The Kier molecular flexibility index (Phi) is 5.47. The molecule has 0 saturated heterocycles. The predicted octanol–water partition coefficient (Wildman–Crippen LogP) is 2.66. The molecule has 3 aromatic rings. The number of hydrogen-bond acceptors (Lipinski definition) is 6. The summed E-state index contributed by atoms with van der Waals surface area (Å²) in [6.45, 7) is 0.218. The van der Waals surface area contributed by atoms with Gasteiger partial charge in [-0.25, -0.2) is 4.21 Å². The largest absolute Gasteiger partial charge is 0.493 e. The SMILES string of the molecule is O=c1ccc([N+](=O)[O-])cn1[C@H]1c2cc(S(=O)c3ccccc3)ccc2OCC[C@@H]1O. The van der Waals surface area contributed by atoms with Crippen LogP contribution in [0, 0.1) is 10.1 Å². The number of benzene rings is 2. The number of ether oxygens (including phenoxy) is 1. The van der Waals surface area contributed by atoms with Gasteiger partial charge in [-0.05, 0) is 30.3 Å². The summed E-state index contributed by atoms with van der Waals surface area (Å²) < 4.78 is 19.9. The van der Waals surface area contributed by atoms with Crippen LogP contribution >= 0.6 is 0 Å². The van der Waals surface area contributed by atoms with E-state index in [1.54, 1.807) is 42.5 Å². The third-order valence-electron chi connectivity index (χ3n) is 4.94. The molecule has 0 fully saturated rings. The van der Waals surface area contributed by atoms with Crippen LogP contribution in [0.4, 0.5) is 5.69 Å². The number of aliphatic hydroxyl groups is 1. The molecular weight excluding hydrogens is 408 g/mol. The van der Waals surface area contributed by atoms with Gasteiger partial charge in [-0.1, -0.05) is 18.2 Å². The van der Waals surface area contributed by atoms with Crippen molar-refractivity contribution in [3.63, 3.8) is 0 Å². The van der Waals surface area contributed by atoms with Crippen molar-refractivity contribution < 1.29 is 19.0 Å². The average Bonchev–Trinajstić information content (AvgIpc) is 2.91. The Hall–Kier alpha value is -3.30. The highest BCUT2D eigenvalue weighted by molar-refractivity contribution is 7.85. The molecule has 4 rings (SSSR count). The Bertz CT molecular complexity index is 1180. The fraction of sp³-hybridized carbons (Fsp3) is 0.190. The summed E-state index contributed by atoms with van der Waals surface area (Å²) in [7, 11) is -1.48. The zero-order valence-electron chi connectivity index (χ0n) is 15.7. The van der Waals surface area contributed by atoms with E-state index in [1.165, 1.54) is 0 Å². The van der Waals surface area contributed by atoms with Crippen LogP contribution in [-0.4, -0.2) is 31.5 Å². The Morgan fingerprint density at radius 2 is 1.87 bits per heavy atom. The first-order valence-corrected chi connectivity index (χ1v) is 10.4. The Morgan fingerprint density at radius 1 is 1.10 bits per heavy atom. The molecule has 1 N–H and O–H groups in total. The van der Waals surface area contributed by atoms with Gasteiger partial charge in [0.1, 0.15) is 5.75 Å². The van der Waals surface area contributed by atoms with Crippen molar-refractivity contribution in [1.29, 1.82) is 0 Å². The molecule has 1 aliphatic heterocycles. The highest BCUT2D eigenvalue weighted by Crippen LogP contribution is 2.36. The van der Waals surface area contributed by atoms with E-state index >= 15 is 0 Å². The van der Waals surface area contributed by atoms with E-state index in [0.717, 1.165) is 22.9 Å². The third kappa shape index (κ3) is 3.77. The maximum atomic E-state index is 13.0. The van der Waals surface area contributed by atoms with Crippen LogP contribution in [0.15, 0.2) is 81.4 Å². The lowest BCUT2D eigenvalue weighted by molar-refractivity contribution is -0.385. The van der Waals surface area contributed by atoms with E-state index in [-0.39, 0.29) is 18.7 Å². The second kappa shape index (κ2) is 8.21. The van der Waals surface area contributed by atoms with Gasteiger partial charge >= 0.3 is 0 Å².